The van der Waals surface area contributed by atoms with Crippen molar-refractivity contribution in [3.63, 3.8) is 0 Å². The molecule has 210 valence electrons. The van der Waals surface area contributed by atoms with Crippen molar-refractivity contribution < 1.29 is 24.3 Å². The maximum atomic E-state index is 13.4. The topological polar surface area (TPSA) is 195 Å². The number of fused-ring (bicyclic) bond motifs is 1. The van der Waals surface area contributed by atoms with E-state index in [1.54, 1.807) is 6.20 Å². The summed E-state index contributed by atoms with van der Waals surface area (Å²) in [5.74, 6) is -3.01. The standard InChI is InChI=1S/C26H35N7O5S/c1-14(2)7-18(27)23(34)31-20(8-15-10-29-19-6-4-3-5-17(15)19)24(35)33-22(12-39)25(36)32-21(26(37)38)9-16-11-28-13-30-16/h3-6,10-11,13-14,18,20-22,29,39H,7-9,12,27H2,1-2H3,(H,28,30)(H,31,34)(H,32,36)(H,33,35)(H,37,38). The van der Waals surface area contributed by atoms with Gasteiger partial charge in [0.15, 0.2) is 0 Å². The highest BCUT2D eigenvalue weighted by atomic mass is 32.1. The van der Waals surface area contributed by atoms with Crippen LogP contribution in [0.1, 0.15) is 31.5 Å². The number of nitrogens with two attached hydrogens (primary N) is 1. The second kappa shape index (κ2) is 13.8. The molecule has 0 fully saturated rings. The number of carbonyl (C=O) groups is 4. The largest absolute Gasteiger partial charge is 0.480 e. The average Bonchev–Trinajstić information content (AvgIpc) is 3.55. The number of nitrogens with zero attached hydrogens (tertiary/aromatic N) is 1. The van der Waals surface area contributed by atoms with Crippen LogP contribution in [0.3, 0.4) is 0 Å². The SMILES string of the molecule is CC(C)CC(N)C(=O)NC(Cc1c[nH]c2ccccc12)C(=O)NC(CS)C(=O)NC(Cc1cnc[nH]1)C(=O)O. The lowest BCUT2D eigenvalue weighted by Gasteiger charge is -2.24. The third-order valence-electron chi connectivity index (χ3n) is 6.20. The van der Waals surface area contributed by atoms with Gasteiger partial charge in [0.2, 0.25) is 17.7 Å². The molecular formula is C26H35N7O5S. The first-order chi connectivity index (χ1) is 18.6. The second-order valence-electron chi connectivity index (χ2n) is 9.78. The minimum atomic E-state index is -1.26. The molecule has 2 aromatic heterocycles. The third kappa shape index (κ3) is 8.32. The quantitative estimate of drug-likeness (QED) is 0.132. The molecule has 3 amide bonds. The van der Waals surface area contributed by atoms with Crippen LogP contribution in [0, 0.1) is 5.92 Å². The number of para-hydroxylation sites is 1. The molecule has 3 aromatic rings. The summed E-state index contributed by atoms with van der Waals surface area (Å²) in [6.45, 7) is 3.88. The Balaban J connectivity index is 1.76. The molecule has 1 aromatic carbocycles. The lowest BCUT2D eigenvalue weighted by atomic mass is 10.0. The van der Waals surface area contributed by atoms with E-state index in [2.05, 4.69) is 43.5 Å². The zero-order valence-electron chi connectivity index (χ0n) is 21.8. The summed E-state index contributed by atoms with van der Waals surface area (Å²) in [6.07, 6.45) is 5.17. The molecular weight excluding hydrogens is 522 g/mol. The van der Waals surface area contributed by atoms with E-state index in [9.17, 15) is 24.3 Å². The minimum Gasteiger partial charge on any atom is -0.480 e. The van der Waals surface area contributed by atoms with Crippen molar-refractivity contribution in [3.05, 3.63) is 54.2 Å². The number of aromatic nitrogens is 3. The number of benzene rings is 1. The first kappa shape index (κ1) is 29.7. The van der Waals surface area contributed by atoms with Gasteiger partial charge in [-0.25, -0.2) is 9.78 Å². The fourth-order valence-corrected chi connectivity index (χ4v) is 4.44. The molecule has 0 saturated heterocycles. The first-order valence-electron chi connectivity index (χ1n) is 12.6. The number of carboxylic acids is 1. The van der Waals surface area contributed by atoms with Crippen LogP contribution in [0.5, 0.6) is 0 Å². The van der Waals surface area contributed by atoms with Crippen LogP contribution < -0.4 is 21.7 Å². The van der Waals surface area contributed by atoms with Gasteiger partial charge >= 0.3 is 5.97 Å². The van der Waals surface area contributed by atoms with Crippen LogP contribution in [0.2, 0.25) is 0 Å². The number of aromatic amines is 2. The molecule has 4 unspecified atom stereocenters. The molecule has 8 N–H and O–H groups in total. The Morgan fingerprint density at radius 3 is 2.28 bits per heavy atom. The highest BCUT2D eigenvalue weighted by Crippen LogP contribution is 2.19. The first-order valence-corrected chi connectivity index (χ1v) is 13.2. The molecule has 0 aliphatic heterocycles. The van der Waals surface area contributed by atoms with E-state index in [0.717, 1.165) is 16.5 Å². The monoisotopic (exact) mass is 557 g/mol. The highest BCUT2D eigenvalue weighted by molar-refractivity contribution is 7.80. The van der Waals surface area contributed by atoms with Crippen molar-refractivity contribution in [2.45, 2.75) is 57.3 Å². The smallest absolute Gasteiger partial charge is 0.326 e. The van der Waals surface area contributed by atoms with Gasteiger partial charge in [-0.05, 0) is 24.0 Å². The average molecular weight is 558 g/mol. The van der Waals surface area contributed by atoms with Gasteiger partial charge in [-0.3, -0.25) is 14.4 Å². The van der Waals surface area contributed by atoms with Crippen LogP contribution in [0.4, 0.5) is 0 Å². The van der Waals surface area contributed by atoms with E-state index in [4.69, 9.17) is 5.73 Å². The Morgan fingerprint density at radius 2 is 1.64 bits per heavy atom. The summed E-state index contributed by atoms with van der Waals surface area (Å²) in [5, 5.41) is 18.2. The summed E-state index contributed by atoms with van der Waals surface area (Å²) < 4.78 is 0. The fourth-order valence-electron chi connectivity index (χ4n) is 4.18. The van der Waals surface area contributed by atoms with E-state index in [0.29, 0.717) is 12.1 Å². The van der Waals surface area contributed by atoms with E-state index in [1.807, 2.05) is 38.1 Å². The Labute approximate surface area is 231 Å². The van der Waals surface area contributed by atoms with Crippen molar-refractivity contribution in [3.8, 4) is 0 Å². The van der Waals surface area contributed by atoms with Gasteiger partial charge in [-0.1, -0.05) is 32.0 Å². The zero-order valence-corrected chi connectivity index (χ0v) is 22.7. The molecule has 0 spiro atoms. The molecule has 0 saturated carbocycles. The van der Waals surface area contributed by atoms with Gasteiger partial charge in [0.05, 0.1) is 12.4 Å². The number of amides is 3. The lowest BCUT2D eigenvalue weighted by molar-refractivity contribution is -0.142. The predicted molar refractivity (Wildman–Crippen MR) is 149 cm³/mol. The summed E-state index contributed by atoms with van der Waals surface area (Å²) in [4.78, 5) is 60.7. The number of rotatable bonds is 14. The van der Waals surface area contributed by atoms with Gasteiger partial charge < -0.3 is 36.8 Å². The van der Waals surface area contributed by atoms with E-state index in [1.165, 1.54) is 12.5 Å². The van der Waals surface area contributed by atoms with Crippen LogP contribution in [-0.4, -0.2) is 73.7 Å². The van der Waals surface area contributed by atoms with Crippen molar-refractivity contribution in [1.82, 2.24) is 30.9 Å². The van der Waals surface area contributed by atoms with Gasteiger partial charge in [0, 0.05) is 47.6 Å². The molecule has 3 rings (SSSR count). The molecule has 0 radical (unpaired) electrons. The summed E-state index contributed by atoms with van der Waals surface area (Å²) in [6, 6.07) is 3.27. The molecule has 12 nitrogen and oxygen atoms in total. The minimum absolute atomic E-state index is 0.0265. The van der Waals surface area contributed by atoms with E-state index in [-0.39, 0.29) is 24.5 Å². The highest BCUT2D eigenvalue weighted by Gasteiger charge is 2.30. The molecule has 4 atom stereocenters. The Bertz CT molecular complexity index is 1280. The number of hydrogen-bond acceptors (Lipinski definition) is 7. The van der Waals surface area contributed by atoms with Crippen LogP contribution in [0.15, 0.2) is 43.0 Å². The zero-order chi connectivity index (χ0) is 28.5. The maximum Gasteiger partial charge on any atom is 0.326 e. The molecule has 39 heavy (non-hydrogen) atoms. The molecule has 0 aliphatic carbocycles. The molecule has 2 heterocycles. The lowest BCUT2D eigenvalue weighted by Crippen LogP contribution is -2.58. The van der Waals surface area contributed by atoms with Crippen LogP contribution in [-0.2, 0) is 32.0 Å². The van der Waals surface area contributed by atoms with Crippen molar-refractivity contribution >= 4 is 47.2 Å². The van der Waals surface area contributed by atoms with Gasteiger partial charge in [0.1, 0.15) is 18.1 Å². The van der Waals surface area contributed by atoms with Crippen LogP contribution in [0.25, 0.3) is 10.9 Å². The Kier molecular flexibility index (Phi) is 10.5. The number of H-pyrrole nitrogens is 2. The van der Waals surface area contributed by atoms with Gasteiger partial charge in [0.25, 0.3) is 0 Å². The number of hydrogen-bond donors (Lipinski definition) is 8. The Morgan fingerprint density at radius 1 is 0.974 bits per heavy atom. The number of carboxylic acid groups (broad SMARTS) is 1. The van der Waals surface area contributed by atoms with Gasteiger partial charge in [-0.15, -0.1) is 0 Å². The molecule has 0 aliphatic rings. The number of nitrogens with one attached hydrogen (secondary N) is 5. The Hall–Kier alpha value is -3.84. The van der Waals surface area contributed by atoms with E-state index >= 15 is 0 Å². The molecule has 0 bridgehead atoms. The summed E-state index contributed by atoms with van der Waals surface area (Å²) >= 11 is 4.19. The van der Waals surface area contributed by atoms with Crippen molar-refractivity contribution in [2.24, 2.45) is 11.7 Å². The summed E-state index contributed by atoms with van der Waals surface area (Å²) in [7, 11) is 0. The van der Waals surface area contributed by atoms with Gasteiger partial charge in [-0.2, -0.15) is 12.6 Å². The summed E-state index contributed by atoms with van der Waals surface area (Å²) in [5.41, 5.74) is 8.24. The predicted octanol–water partition coefficient (Wildman–Crippen LogP) is 0.518. The third-order valence-corrected chi connectivity index (χ3v) is 6.57. The number of imidazole rings is 1. The fraction of sp³-hybridized carbons (Fsp3) is 0.423. The van der Waals surface area contributed by atoms with Crippen LogP contribution >= 0.6 is 12.6 Å². The van der Waals surface area contributed by atoms with Crippen molar-refractivity contribution in [1.29, 1.82) is 0 Å². The molecule has 13 heteroatoms. The number of carbonyl (C=O) groups excluding carboxylic acids is 3. The number of thiol groups is 1. The number of aliphatic carboxylic acids is 1. The van der Waals surface area contributed by atoms with E-state index < -0.39 is 47.9 Å². The second-order valence-corrected chi connectivity index (χ2v) is 10.2. The maximum absolute atomic E-state index is 13.4. The normalized spacial score (nSPS) is 14.4. The van der Waals surface area contributed by atoms with Crippen molar-refractivity contribution in [2.75, 3.05) is 5.75 Å².